The van der Waals surface area contributed by atoms with Gasteiger partial charge in [0.2, 0.25) is 0 Å². The van der Waals surface area contributed by atoms with Crippen molar-refractivity contribution in [2.45, 2.75) is 17.6 Å². The Balaban J connectivity index is 1.81. The van der Waals surface area contributed by atoms with Gasteiger partial charge in [-0.3, -0.25) is 4.79 Å². The van der Waals surface area contributed by atoms with E-state index in [2.05, 4.69) is 5.32 Å². The summed E-state index contributed by atoms with van der Waals surface area (Å²) in [6, 6.07) is 18.1. The fourth-order valence-electron chi connectivity index (χ4n) is 2.79. The van der Waals surface area contributed by atoms with Crippen molar-refractivity contribution in [3.63, 3.8) is 0 Å². The number of anilines is 1. The monoisotopic (exact) mass is 461 g/mol. The topological polar surface area (TPSA) is 47.6 Å². The lowest BCUT2D eigenvalue weighted by Gasteiger charge is -2.14. The molecular formula is C23H21Cl2NO3S. The SMILES string of the molecule is CCOc1ccc(C(=O)Nc2cc(Cl)ccc2OC)cc1CSc1ccc(Cl)cc1. The third-order valence-corrected chi connectivity index (χ3v) is 5.79. The lowest BCUT2D eigenvalue weighted by atomic mass is 10.1. The summed E-state index contributed by atoms with van der Waals surface area (Å²) >= 11 is 13.7. The zero-order valence-corrected chi connectivity index (χ0v) is 18.9. The number of ether oxygens (including phenoxy) is 2. The number of amides is 1. The Morgan fingerprint density at radius 1 is 0.967 bits per heavy atom. The summed E-state index contributed by atoms with van der Waals surface area (Å²) in [5, 5.41) is 4.08. The molecule has 0 bridgehead atoms. The first-order valence-corrected chi connectivity index (χ1v) is 11.0. The standard InChI is InChI=1S/C23H21Cl2NO3S/c1-3-29-21-10-4-15(12-16(21)14-30-19-8-5-17(24)6-9-19)23(27)26-20-13-18(25)7-11-22(20)28-2/h4-13H,3,14H2,1-2H3,(H,26,27). The molecule has 4 nitrogen and oxygen atoms in total. The Kier molecular flexibility index (Phi) is 7.91. The number of nitrogens with one attached hydrogen (secondary N) is 1. The summed E-state index contributed by atoms with van der Waals surface area (Å²) in [4.78, 5) is 13.9. The molecule has 0 aliphatic carbocycles. The smallest absolute Gasteiger partial charge is 0.255 e. The first-order chi connectivity index (χ1) is 14.5. The second-order valence-electron chi connectivity index (χ2n) is 6.30. The highest BCUT2D eigenvalue weighted by Gasteiger charge is 2.14. The van der Waals surface area contributed by atoms with Gasteiger partial charge in [0.1, 0.15) is 11.5 Å². The summed E-state index contributed by atoms with van der Waals surface area (Å²) in [5.74, 6) is 1.70. The van der Waals surface area contributed by atoms with Crippen molar-refractivity contribution < 1.29 is 14.3 Å². The molecule has 0 spiro atoms. The van der Waals surface area contributed by atoms with E-state index < -0.39 is 0 Å². The molecule has 0 saturated heterocycles. The van der Waals surface area contributed by atoms with Crippen LogP contribution in [-0.4, -0.2) is 19.6 Å². The number of rotatable bonds is 8. The van der Waals surface area contributed by atoms with Crippen LogP contribution in [-0.2, 0) is 5.75 Å². The minimum Gasteiger partial charge on any atom is -0.495 e. The van der Waals surface area contributed by atoms with E-state index in [1.807, 2.05) is 43.3 Å². The van der Waals surface area contributed by atoms with Crippen LogP contribution in [0.4, 0.5) is 5.69 Å². The third-order valence-electron chi connectivity index (χ3n) is 4.24. The van der Waals surface area contributed by atoms with Crippen LogP contribution in [0.3, 0.4) is 0 Å². The molecule has 0 aliphatic heterocycles. The van der Waals surface area contributed by atoms with E-state index >= 15 is 0 Å². The Morgan fingerprint density at radius 2 is 1.67 bits per heavy atom. The van der Waals surface area contributed by atoms with Crippen LogP contribution in [0.1, 0.15) is 22.8 Å². The van der Waals surface area contributed by atoms with Gasteiger partial charge in [-0.25, -0.2) is 0 Å². The highest BCUT2D eigenvalue weighted by molar-refractivity contribution is 7.98. The number of methoxy groups -OCH3 is 1. The second-order valence-corrected chi connectivity index (χ2v) is 8.22. The largest absolute Gasteiger partial charge is 0.495 e. The van der Waals surface area contributed by atoms with Gasteiger partial charge in [-0.1, -0.05) is 23.2 Å². The number of carbonyl (C=O) groups excluding carboxylic acids is 1. The van der Waals surface area contributed by atoms with Gasteiger partial charge in [-0.2, -0.15) is 0 Å². The Hall–Kier alpha value is -2.34. The first kappa shape index (κ1) is 22.3. The van der Waals surface area contributed by atoms with Crippen molar-refractivity contribution in [1.29, 1.82) is 0 Å². The molecule has 0 atom stereocenters. The number of carbonyl (C=O) groups is 1. The molecule has 0 radical (unpaired) electrons. The van der Waals surface area contributed by atoms with E-state index in [-0.39, 0.29) is 5.91 Å². The number of hydrogen-bond donors (Lipinski definition) is 1. The predicted molar refractivity (Wildman–Crippen MR) is 125 cm³/mol. The first-order valence-electron chi connectivity index (χ1n) is 9.29. The van der Waals surface area contributed by atoms with Crippen LogP contribution in [0.15, 0.2) is 65.6 Å². The molecule has 0 aromatic heterocycles. The van der Waals surface area contributed by atoms with E-state index in [1.165, 1.54) is 0 Å². The Bertz CT molecular complexity index is 1030. The Labute approximate surface area is 190 Å². The lowest BCUT2D eigenvalue weighted by Crippen LogP contribution is -2.13. The third kappa shape index (κ3) is 5.85. The average molecular weight is 462 g/mol. The van der Waals surface area contributed by atoms with Gasteiger partial charge < -0.3 is 14.8 Å². The van der Waals surface area contributed by atoms with Gasteiger partial charge in [0.25, 0.3) is 5.91 Å². The fraction of sp³-hybridized carbons (Fsp3) is 0.174. The van der Waals surface area contributed by atoms with E-state index in [9.17, 15) is 4.79 Å². The molecule has 156 valence electrons. The zero-order valence-electron chi connectivity index (χ0n) is 16.6. The van der Waals surface area contributed by atoms with Crippen LogP contribution in [0, 0.1) is 0 Å². The normalized spacial score (nSPS) is 10.5. The van der Waals surface area contributed by atoms with Crippen LogP contribution >= 0.6 is 35.0 Å². The number of halogens is 2. The van der Waals surface area contributed by atoms with Crippen LogP contribution < -0.4 is 14.8 Å². The summed E-state index contributed by atoms with van der Waals surface area (Å²) in [6.45, 7) is 2.48. The van der Waals surface area contributed by atoms with Gasteiger partial charge in [-0.15, -0.1) is 11.8 Å². The molecule has 0 fully saturated rings. The van der Waals surface area contributed by atoms with Gasteiger partial charge in [0.15, 0.2) is 0 Å². The van der Waals surface area contributed by atoms with E-state index in [1.54, 1.807) is 43.1 Å². The zero-order chi connectivity index (χ0) is 21.5. The minimum absolute atomic E-state index is 0.253. The number of hydrogen-bond acceptors (Lipinski definition) is 4. The average Bonchev–Trinajstić information content (AvgIpc) is 2.74. The molecule has 30 heavy (non-hydrogen) atoms. The van der Waals surface area contributed by atoms with E-state index in [4.69, 9.17) is 32.7 Å². The van der Waals surface area contributed by atoms with Crippen molar-refractivity contribution in [1.82, 2.24) is 0 Å². The summed E-state index contributed by atoms with van der Waals surface area (Å²) in [7, 11) is 1.54. The quantitative estimate of drug-likeness (QED) is 0.368. The van der Waals surface area contributed by atoms with Crippen LogP contribution in [0.2, 0.25) is 10.0 Å². The van der Waals surface area contributed by atoms with Crippen LogP contribution in [0.5, 0.6) is 11.5 Å². The molecule has 1 N–H and O–H groups in total. The van der Waals surface area contributed by atoms with Crippen molar-refractivity contribution in [3.05, 3.63) is 81.8 Å². The Morgan fingerprint density at radius 3 is 2.37 bits per heavy atom. The highest BCUT2D eigenvalue weighted by Crippen LogP contribution is 2.31. The highest BCUT2D eigenvalue weighted by atomic mass is 35.5. The molecule has 3 aromatic rings. The summed E-state index contributed by atoms with van der Waals surface area (Å²) in [6.07, 6.45) is 0. The second kappa shape index (κ2) is 10.6. The van der Waals surface area contributed by atoms with Gasteiger partial charge in [0, 0.05) is 31.8 Å². The summed E-state index contributed by atoms with van der Waals surface area (Å²) < 4.78 is 11.0. The van der Waals surface area contributed by atoms with Crippen molar-refractivity contribution in [3.8, 4) is 11.5 Å². The van der Waals surface area contributed by atoms with Gasteiger partial charge in [0.05, 0.1) is 19.4 Å². The van der Waals surface area contributed by atoms with Gasteiger partial charge >= 0.3 is 0 Å². The molecule has 0 heterocycles. The molecule has 0 unspecified atom stereocenters. The molecule has 3 rings (SSSR count). The van der Waals surface area contributed by atoms with Crippen molar-refractivity contribution in [2.75, 3.05) is 19.0 Å². The molecule has 3 aromatic carbocycles. The van der Waals surface area contributed by atoms with E-state index in [0.717, 1.165) is 16.2 Å². The number of thioether (sulfide) groups is 1. The fourth-order valence-corrected chi connectivity index (χ4v) is 3.97. The predicted octanol–water partition coefficient (Wildman–Crippen LogP) is 6.95. The van der Waals surface area contributed by atoms with Crippen molar-refractivity contribution in [2.24, 2.45) is 0 Å². The molecule has 7 heteroatoms. The van der Waals surface area contributed by atoms with Crippen molar-refractivity contribution >= 4 is 46.6 Å². The van der Waals surface area contributed by atoms with Gasteiger partial charge in [-0.05, 0) is 67.6 Å². The van der Waals surface area contributed by atoms with Crippen LogP contribution in [0.25, 0.3) is 0 Å². The maximum absolute atomic E-state index is 12.9. The molecule has 0 saturated carbocycles. The molecular weight excluding hydrogens is 441 g/mol. The molecule has 0 aliphatic rings. The molecule has 1 amide bonds. The summed E-state index contributed by atoms with van der Waals surface area (Å²) in [5.41, 5.74) is 1.97. The maximum Gasteiger partial charge on any atom is 0.255 e. The minimum atomic E-state index is -0.253. The maximum atomic E-state index is 12.9. The van der Waals surface area contributed by atoms with E-state index in [0.29, 0.717) is 39.4 Å². The lowest BCUT2D eigenvalue weighted by molar-refractivity contribution is 0.102. The number of benzene rings is 3.